The Labute approximate surface area is 103 Å². The van der Waals surface area contributed by atoms with E-state index in [2.05, 4.69) is 22.6 Å². The van der Waals surface area contributed by atoms with E-state index in [1.807, 2.05) is 30.1 Å². The summed E-state index contributed by atoms with van der Waals surface area (Å²) in [7, 11) is 0. The van der Waals surface area contributed by atoms with Crippen LogP contribution in [0.3, 0.4) is 0 Å². The Balaban J connectivity index is 1.89. The Morgan fingerprint density at radius 1 is 1.19 bits per heavy atom. The first-order valence-corrected chi connectivity index (χ1v) is 7.42. The van der Waals surface area contributed by atoms with E-state index in [9.17, 15) is 0 Å². The molecule has 0 aromatic carbocycles. The molecule has 0 saturated heterocycles. The highest BCUT2D eigenvalue weighted by molar-refractivity contribution is 7.98. The van der Waals surface area contributed by atoms with Crippen molar-refractivity contribution in [2.75, 3.05) is 18.6 Å². The van der Waals surface area contributed by atoms with Gasteiger partial charge in [0.2, 0.25) is 0 Å². The highest BCUT2D eigenvalue weighted by atomic mass is 32.2. The molecule has 0 saturated carbocycles. The quantitative estimate of drug-likeness (QED) is 0.669. The summed E-state index contributed by atoms with van der Waals surface area (Å²) in [5, 5.41) is 3.42. The molecule has 0 amide bonds. The fourth-order valence-electron chi connectivity index (χ4n) is 1.57. The Morgan fingerprint density at radius 3 is 2.81 bits per heavy atom. The minimum Gasteiger partial charge on any atom is -0.311 e. The lowest BCUT2D eigenvalue weighted by atomic mass is 10.2. The van der Waals surface area contributed by atoms with Crippen molar-refractivity contribution in [3.63, 3.8) is 0 Å². The molecule has 1 heterocycles. The maximum atomic E-state index is 4.27. The molecule has 2 nitrogen and oxygen atoms in total. The molecular weight excluding hydrogens is 216 g/mol. The zero-order valence-corrected chi connectivity index (χ0v) is 10.9. The van der Waals surface area contributed by atoms with Gasteiger partial charge in [-0.25, -0.2) is 0 Å². The maximum absolute atomic E-state index is 4.27. The molecule has 90 valence electrons. The zero-order chi connectivity index (χ0) is 11.5. The summed E-state index contributed by atoms with van der Waals surface area (Å²) in [6.45, 7) is 2.00. The van der Waals surface area contributed by atoms with Crippen molar-refractivity contribution in [3.8, 4) is 0 Å². The van der Waals surface area contributed by atoms with Crippen molar-refractivity contribution in [3.05, 3.63) is 30.1 Å². The molecule has 0 bridgehead atoms. The molecule has 16 heavy (non-hydrogen) atoms. The van der Waals surface area contributed by atoms with Crippen LogP contribution in [0.5, 0.6) is 0 Å². The average molecular weight is 238 g/mol. The topological polar surface area (TPSA) is 24.9 Å². The fourth-order valence-corrected chi connectivity index (χ4v) is 2.06. The summed E-state index contributed by atoms with van der Waals surface area (Å²) >= 11 is 1.94. The Kier molecular flexibility index (Phi) is 8.17. The van der Waals surface area contributed by atoms with Crippen LogP contribution in [0.25, 0.3) is 0 Å². The molecule has 3 heteroatoms. The van der Waals surface area contributed by atoms with Gasteiger partial charge >= 0.3 is 0 Å². The third-order valence-electron chi connectivity index (χ3n) is 2.48. The molecule has 1 rings (SSSR count). The van der Waals surface area contributed by atoms with Gasteiger partial charge in [-0.1, -0.05) is 18.9 Å². The lowest BCUT2D eigenvalue weighted by Gasteiger charge is -2.04. The molecule has 0 unspecified atom stereocenters. The molecule has 0 spiro atoms. The van der Waals surface area contributed by atoms with Crippen LogP contribution < -0.4 is 5.32 Å². The summed E-state index contributed by atoms with van der Waals surface area (Å²) in [4.78, 5) is 4.27. The molecule has 1 N–H and O–H groups in total. The lowest BCUT2D eigenvalue weighted by Crippen LogP contribution is -2.15. The van der Waals surface area contributed by atoms with Gasteiger partial charge in [-0.05, 0) is 43.5 Å². The average Bonchev–Trinajstić information content (AvgIpc) is 2.34. The van der Waals surface area contributed by atoms with Gasteiger partial charge in [-0.15, -0.1) is 0 Å². The van der Waals surface area contributed by atoms with Crippen LogP contribution in [0, 0.1) is 0 Å². The van der Waals surface area contributed by atoms with Crippen molar-refractivity contribution in [1.82, 2.24) is 10.3 Å². The minimum absolute atomic E-state index is 0.894. The second-order valence-electron chi connectivity index (χ2n) is 3.90. The number of rotatable bonds is 9. The second kappa shape index (κ2) is 9.67. The van der Waals surface area contributed by atoms with Crippen LogP contribution >= 0.6 is 11.8 Å². The van der Waals surface area contributed by atoms with E-state index < -0.39 is 0 Å². The van der Waals surface area contributed by atoms with Crippen LogP contribution in [0.4, 0.5) is 0 Å². The van der Waals surface area contributed by atoms with Gasteiger partial charge in [0, 0.05) is 12.7 Å². The standard InChI is InChI=1S/C13H22N2S/c1-16-11-7-3-2-5-9-14-12-13-8-4-6-10-15-13/h4,6,8,10,14H,2-3,5,7,9,11-12H2,1H3. The fraction of sp³-hybridized carbons (Fsp3) is 0.615. The normalized spacial score (nSPS) is 10.6. The van der Waals surface area contributed by atoms with Crippen molar-refractivity contribution in [1.29, 1.82) is 0 Å². The summed E-state index contributed by atoms with van der Waals surface area (Å²) in [5.74, 6) is 1.31. The predicted molar refractivity (Wildman–Crippen MR) is 72.8 cm³/mol. The molecule has 0 aliphatic carbocycles. The van der Waals surface area contributed by atoms with Crippen molar-refractivity contribution in [2.24, 2.45) is 0 Å². The molecule has 0 atom stereocenters. The maximum Gasteiger partial charge on any atom is 0.0541 e. The van der Waals surface area contributed by atoms with Crippen LogP contribution in [0.1, 0.15) is 31.4 Å². The largest absolute Gasteiger partial charge is 0.311 e. The number of aromatic nitrogens is 1. The molecule has 1 aromatic heterocycles. The zero-order valence-electron chi connectivity index (χ0n) is 10.1. The van der Waals surface area contributed by atoms with E-state index in [-0.39, 0.29) is 0 Å². The third kappa shape index (κ3) is 6.85. The van der Waals surface area contributed by atoms with Gasteiger partial charge < -0.3 is 5.32 Å². The van der Waals surface area contributed by atoms with E-state index in [1.165, 1.54) is 31.4 Å². The van der Waals surface area contributed by atoms with Gasteiger partial charge in [0.25, 0.3) is 0 Å². The highest BCUT2D eigenvalue weighted by Gasteiger charge is 1.92. The van der Waals surface area contributed by atoms with Gasteiger partial charge in [0.15, 0.2) is 0 Å². The summed E-state index contributed by atoms with van der Waals surface area (Å²) in [6, 6.07) is 6.05. The highest BCUT2D eigenvalue weighted by Crippen LogP contribution is 2.04. The predicted octanol–water partition coefficient (Wildman–Crippen LogP) is 3.09. The number of unbranched alkanes of at least 4 members (excludes halogenated alkanes) is 3. The van der Waals surface area contributed by atoms with E-state index >= 15 is 0 Å². The van der Waals surface area contributed by atoms with E-state index in [1.54, 1.807) is 0 Å². The number of pyridine rings is 1. The van der Waals surface area contributed by atoms with Crippen LogP contribution in [0.15, 0.2) is 24.4 Å². The van der Waals surface area contributed by atoms with Gasteiger partial charge in [-0.3, -0.25) is 4.98 Å². The molecule has 0 aliphatic heterocycles. The number of nitrogens with one attached hydrogen (secondary N) is 1. The second-order valence-corrected chi connectivity index (χ2v) is 4.89. The number of hydrogen-bond acceptors (Lipinski definition) is 3. The molecular formula is C13H22N2S. The number of nitrogens with zero attached hydrogens (tertiary/aromatic N) is 1. The first kappa shape index (κ1) is 13.5. The van der Waals surface area contributed by atoms with E-state index in [0.717, 1.165) is 18.8 Å². The molecule has 0 fully saturated rings. The Morgan fingerprint density at radius 2 is 2.06 bits per heavy atom. The number of hydrogen-bond donors (Lipinski definition) is 1. The lowest BCUT2D eigenvalue weighted by molar-refractivity contribution is 0.595. The summed E-state index contributed by atoms with van der Waals surface area (Å²) < 4.78 is 0. The van der Waals surface area contributed by atoms with Crippen LogP contribution in [0.2, 0.25) is 0 Å². The van der Waals surface area contributed by atoms with E-state index in [0.29, 0.717) is 0 Å². The SMILES string of the molecule is CSCCCCCCNCc1ccccn1. The van der Waals surface area contributed by atoms with Gasteiger partial charge in [-0.2, -0.15) is 11.8 Å². The summed E-state index contributed by atoms with van der Waals surface area (Å²) in [5.41, 5.74) is 1.13. The Hall–Kier alpha value is -0.540. The molecule has 1 aromatic rings. The van der Waals surface area contributed by atoms with Gasteiger partial charge in [0.1, 0.15) is 0 Å². The molecule has 0 radical (unpaired) electrons. The minimum atomic E-state index is 0.894. The van der Waals surface area contributed by atoms with Crippen molar-refractivity contribution < 1.29 is 0 Å². The monoisotopic (exact) mass is 238 g/mol. The van der Waals surface area contributed by atoms with Crippen LogP contribution in [-0.2, 0) is 6.54 Å². The Bertz CT molecular complexity index is 251. The molecule has 0 aliphatic rings. The third-order valence-corrected chi connectivity index (χ3v) is 3.18. The summed E-state index contributed by atoms with van der Waals surface area (Å²) in [6.07, 6.45) is 9.37. The number of thioether (sulfide) groups is 1. The van der Waals surface area contributed by atoms with Crippen molar-refractivity contribution in [2.45, 2.75) is 32.2 Å². The van der Waals surface area contributed by atoms with Gasteiger partial charge in [0.05, 0.1) is 5.69 Å². The van der Waals surface area contributed by atoms with E-state index in [4.69, 9.17) is 0 Å². The smallest absolute Gasteiger partial charge is 0.0541 e. The van der Waals surface area contributed by atoms with Crippen molar-refractivity contribution >= 4 is 11.8 Å². The van der Waals surface area contributed by atoms with Crippen LogP contribution in [-0.4, -0.2) is 23.5 Å². The first-order valence-electron chi connectivity index (χ1n) is 6.03. The first-order chi connectivity index (χ1) is 7.93.